The van der Waals surface area contributed by atoms with Crippen LogP contribution in [-0.2, 0) is 4.79 Å². The molecule has 0 fully saturated rings. The van der Waals surface area contributed by atoms with Crippen molar-refractivity contribution in [3.63, 3.8) is 0 Å². The molecule has 1 amide bonds. The molecule has 0 aliphatic heterocycles. The molecule has 1 unspecified atom stereocenters. The first-order valence-electron chi connectivity index (χ1n) is 9.15. The van der Waals surface area contributed by atoms with Crippen LogP contribution in [0.15, 0.2) is 78.3 Å². The predicted octanol–water partition coefficient (Wildman–Crippen LogP) is 4.55. The van der Waals surface area contributed by atoms with Gasteiger partial charge in [-0.2, -0.15) is 0 Å². The third-order valence-corrected chi connectivity index (χ3v) is 5.57. The van der Waals surface area contributed by atoms with E-state index in [9.17, 15) is 4.79 Å². The number of carbonyl (C=O) groups excluding carboxylic acids is 1. The minimum absolute atomic E-state index is 0.0912. The van der Waals surface area contributed by atoms with Gasteiger partial charge < -0.3 is 10.1 Å². The van der Waals surface area contributed by atoms with Gasteiger partial charge in [-0.05, 0) is 43.3 Å². The number of hydrogen-bond acceptors (Lipinski definition) is 5. The fourth-order valence-corrected chi connectivity index (χ4v) is 3.88. The van der Waals surface area contributed by atoms with Gasteiger partial charge in [0.15, 0.2) is 5.16 Å². The normalized spacial score (nSPS) is 11.9. The minimum atomic E-state index is -0.339. The number of amides is 1. The zero-order chi connectivity index (χ0) is 20.2. The molecule has 2 aromatic carbocycles. The van der Waals surface area contributed by atoms with Crippen molar-refractivity contribution in [2.24, 2.45) is 0 Å². The second kappa shape index (κ2) is 8.36. The number of thioether (sulfide) groups is 1. The highest BCUT2D eigenvalue weighted by Gasteiger charge is 2.19. The molecule has 1 N–H and O–H groups in total. The Hall–Kier alpha value is -3.32. The molecule has 6 nitrogen and oxygen atoms in total. The Labute approximate surface area is 172 Å². The van der Waals surface area contributed by atoms with Crippen LogP contribution >= 0.6 is 11.8 Å². The maximum absolute atomic E-state index is 12.8. The van der Waals surface area contributed by atoms with Crippen LogP contribution in [0.4, 0.5) is 5.69 Å². The first kappa shape index (κ1) is 19.0. The summed E-state index contributed by atoms with van der Waals surface area (Å²) in [6.45, 7) is 1.87. The molecular weight excluding hydrogens is 384 g/mol. The second-order valence-electron chi connectivity index (χ2n) is 6.41. The molecular formula is C22H20N4O2S. The number of nitrogens with zero attached hydrogens (tertiary/aromatic N) is 3. The number of pyridine rings is 1. The summed E-state index contributed by atoms with van der Waals surface area (Å²) in [6, 6.07) is 17.2. The van der Waals surface area contributed by atoms with Crippen molar-refractivity contribution in [3.8, 4) is 11.4 Å². The number of hydrogen-bond donors (Lipinski definition) is 1. The first-order valence-corrected chi connectivity index (χ1v) is 10.0. The van der Waals surface area contributed by atoms with Crippen molar-refractivity contribution in [2.45, 2.75) is 17.3 Å². The van der Waals surface area contributed by atoms with E-state index in [1.165, 1.54) is 11.8 Å². The third-order valence-electron chi connectivity index (χ3n) is 4.49. The molecule has 146 valence electrons. The zero-order valence-electron chi connectivity index (χ0n) is 16.1. The Morgan fingerprint density at radius 1 is 1.10 bits per heavy atom. The quantitative estimate of drug-likeness (QED) is 0.478. The number of rotatable bonds is 6. The molecule has 0 radical (unpaired) electrons. The summed E-state index contributed by atoms with van der Waals surface area (Å²) in [7, 11) is 1.64. The van der Waals surface area contributed by atoms with E-state index in [-0.39, 0.29) is 11.2 Å². The predicted molar refractivity (Wildman–Crippen MR) is 116 cm³/mol. The molecule has 0 aliphatic rings. The molecule has 7 heteroatoms. The van der Waals surface area contributed by atoms with E-state index >= 15 is 0 Å². The summed E-state index contributed by atoms with van der Waals surface area (Å²) < 4.78 is 7.25. The minimum Gasteiger partial charge on any atom is -0.497 e. The van der Waals surface area contributed by atoms with Gasteiger partial charge in [0.2, 0.25) is 5.91 Å². The van der Waals surface area contributed by atoms with Crippen LogP contribution in [0, 0.1) is 0 Å². The summed E-state index contributed by atoms with van der Waals surface area (Å²) in [6.07, 6.45) is 5.34. The highest BCUT2D eigenvalue weighted by molar-refractivity contribution is 8.00. The van der Waals surface area contributed by atoms with Crippen molar-refractivity contribution >= 4 is 34.3 Å². The molecule has 4 aromatic rings. The molecule has 0 spiro atoms. The number of benzene rings is 2. The summed E-state index contributed by atoms with van der Waals surface area (Å²) in [5.41, 5.74) is 2.53. The van der Waals surface area contributed by atoms with Gasteiger partial charge in [0.1, 0.15) is 5.75 Å². The lowest BCUT2D eigenvalue weighted by molar-refractivity contribution is -0.115. The molecule has 2 aromatic heterocycles. The Balaban J connectivity index is 1.52. The van der Waals surface area contributed by atoms with Crippen molar-refractivity contribution in [1.29, 1.82) is 0 Å². The number of ether oxygens (including phenoxy) is 1. The van der Waals surface area contributed by atoms with Crippen molar-refractivity contribution in [1.82, 2.24) is 14.5 Å². The number of aromatic nitrogens is 3. The zero-order valence-corrected chi connectivity index (χ0v) is 16.9. The number of nitrogens with one attached hydrogen (secondary N) is 1. The Morgan fingerprint density at radius 3 is 2.83 bits per heavy atom. The monoisotopic (exact) mass is 404 g/mol. The molecule has 2 heterocycles. The van der Waals surface area contributed by atoms with Crippen molar-refractivity contribution in [2.75, 3.05) is 12.4 Å². The van der Waals surface area contributed by atoms with Gasteiger partial charge in [-0.3, -0.25) is 14.3 Å². The molecule has 0 bridgehead atoms. The van der Waals surface area contributed by atoms with Gasteiger partial charge in [-0.25, -0.2) is 4.98 Å². The van der Waals surface area contributed by atoms with Gasteiger partial charge in [0, 0.05) is 30.0 Å². The molecule has 4 rings (SSSR count). The van der Waals surface area contributed by atoms with Crippen LogP contribution < -0.4 is 10.1 Å². The SMILES string of the molecule is COc1cccc(-n2ccnc2SC(C)C(=O)Nc2cccc3ncccc23)c1. The number of methoxy groups -OCH3 is 1. The maximum atomic E-state index is 12.8. The lowest BCUT2D eigenvalue weighted by Crippen LogP contribution is -2.23. The number of fused-ring (bicyclic) bond motifs is 1. The second-order valence-corrected chi connectivity index (χ2v) is 7.71. The Kier molecular flexibility index (Phi) is 5.48. The average molecular weight is 404 g/mol. The van der Waals surface area contributed by atoms with E-state index in [1.54, 1.807) is 19.5 Å². The summed E-state index contributed by atoms with van der Waals surface area (Å²) >= 11 is 1.40. The highest BCUT2D eigenvalue weighted by atomic mass is 32.2. The van der Waals surface area contributed by atoms with E-state index in [4.69, 9.17) is 4.74 Å². The van der Waals surface area contributed by atoms with Crippen molar-refractivity contribution in [3.05, 3.63) is 73.2 Å². The van der Waals surface area contributed by atoms with Crippen LogP contribution in [0.3, 0.4) is 0 Å². The van der Waals surface area contributed by atoms with Crippen LogP contribution in [-0.4, -0.2) is 32.8 Å². The highest BCUT2D eigenvalue weighted by Crippen LogP contribution is 2.28. The number of carbonyl (C=O) groups is 1. The molecule has 0 saturated carbocycles. The van der Waals surface area contributed by atoms with E-state index in [2.05, 4.69) is 15.3 Å². The first-order chi connectivity index (χ1) is 14.2. The lowest BCUT2D eigenvalue weighted by Gasteiger charge is -2.14. The van der Waals surface area contributed by atoms with Gasteiger partial charge in [-0.15, -0.1) is 0 Å². The van der Waals surface area contributed by atoms with Gasteiger partial charge in [0.25, 0.3) is 0 Å². The van der Waals surface area contributed by atoms with E-state index in [1.807, 2.05) is 72.3 Å². The van der Waals surface area contributed by atoms with Gasteiger partial charge in [-0.1, -0.05) is 23.9 Å². The molecule has 0 aliphatic carbocycles. The van der Waals surface area contributed by atoms with Crippen molar-refractivity contribution < 1.29 is 9.53 Å². The fraction of sp³-hybridized carbons (Fsp3) is 0.136. The van der Waals surface area contributed by atoms with Crippen LogP contribution in [0.5, 0.6) is 5.75 Å². The molecule has 0 saturated heterocycles. The molecule has 1 atom stereocenters. The maximum Gasteiger partial charge on any atom is 0.237 e. The standard InChI is InChI=1S/C22H20N4O2S/c1-15(21(27)25-20-10-4-9-19-18(20)8-5-11-23-19)29-22-24-12-13-26(22)16-6-3-7-17(14-16)28-2/h3-15H,1-2H3,(H,25,27). The van der Waals surface area contributed by atoms with E-state index < -0.39 is 0 Å². The fourth-order valence-electron chi connectivity index (χ4n) is 2.99. The lowest BCUT2D eigenvalue weighted by atomic mass is 10.2. The molecule has 29 heavy (non-hydrogen) atoms. The van der Waals surface area contributed by atoms with E-state index in [0.29, 0.717) is 0 Å². The van der Waals surface area contributed by atoms with Crippen LogP contribution in [0.1, 0.15) is 6.92 Å². The largest absolute Gasteiger partial charge is 0.497 e. The van der Waals surface area contributed by atoms with Gasteiger partial charge >= 0.3 is 0 Å². The Morgan fingerprint density at radius 2 is 1.97 bits per heavy atom. The topological polar surface area (TPSA) is 69.0 Å². The summed E-state index contributed by atoms with van der Waals surface area (Å²) in [5, 5.41) is 4.33. The average Bonchev–Trinajstić information content (AvgIpc) is 3.22. The third kappa shape index (κ3) is 4.09. The van der Waals surface area contributed by atoms with Crippen LogP contribution in [0.2, 0.25) is 0 Å². The number of anilines is 1. The number of imidazole rings is 1. The summed E-state index contributed by atoms with van der Waals surface area (Å²) in [4.78, 5) is 21.6. The van der Waals surface area contributed by atoms with Gasteiger partial charge in [0.05, 0.1) is 29.3 Å². The smallest absolute Gasteiger partial charge is 0.237 e. The Bertz CT molecular complexity index is 1150. The summed E-state index contributed by atoms with van der Waals surface area (Å²) in [5.74, 6) is 0.675. The van der Waals surface area contributed by atoms with E-state index in [0.717, 1.165) is 33.2 Å². The van der Waals surface area contributed by atoms with Crippen LogP contribution in [0.25, 0.3) is 16.6 Å².